The van der Waals surface area contributed by atoms with Crippen molar-refractivity contribution in [1.82, 2.24) is 0 Å². The second-order valence-corrected chi connectivity index (χ2v) is 7.87. The van der Waals surface area contributed by atoms with Gasteiger partial charge in [0, 0.05) is 11.5 Å². The number of carboxylic acid groups (broad SMARTS) is 1. The molecule has 0 fully saturated rings. The number of ether oxygens (including phenoxy) is 1. The van der Waals surface area contributed by atoms with Gasteiger partial charge >= 0.3 is 11.9 Å². The van der Waals surface area contributed by atoms with Crippen LogP contribution in [0.5, 0.6) is 5.75 Å². The molecule has 6 nitrogen and oxygen atoms in total. The summed E-state index contributed by atoms with van der Waals surface area (Å²) < 4.78 is 4.75. The predicted molar refractivity (Wildman–Crippen MR) is 101 cm³/mol. The number of rotatable bonds is 7. The molecule has 0 amide bonds. The van der Waals surface area contributed by atoms with Gasteiger partial charge in [-0.15, -0.1) is 0 Å². The zero-order valence-corrected chi connectivity index (χ0v) is 16.4. The molecule has 0 saturated heterocycles. The summed E-state index contributed by atoms with van der Waals surface area (Å²) in [6.07, 6.45) is 2.22. The molecule has 0 aliphatic heterocycles. The molecule has 5 atom stereocenters. The fourth-order valence-electron chi connectivity index (χ4n) is 4.36. The number of benzene rings is 1. The van der Waals surface area contributed by atoms with Crippen LogP contribution in [-0.2, 0) is 9.53 Å². The molecule has 0 saturated carbocycles. The highest BCUT2D eigenvalue weighted by Gasteiger charge is 2.37. The second kappa shape index (κ2) is 8.74. The number of aromatic carboxylic acids is 1. The van der Waals surface area contributed by atoms with Crippen molar-refractivity contribution in [2.24, 2.45) is 11.8 Å². The van der Waals surface area contributed by atoms with Crippen LogP contribution < -0.4 is 0 Å². The summed E-state index contributed by atoms with van der Waals surface area (Å²) in [5.74, 6) is -1.71. The van der Waals surface area contributed by atoms with E-state index in [2.05, 4.69) is 0 Å². The maximum absolute atomic E-state index is 11.5. The van der Waals surface area contributed by atoms with E-state index in [-0.39, 0.29) is 41.0 Å². The number of methoxy groups -OCH3 is 1. The Kier molecular flexibility index (Phi) is 6.87. The Balaban J connectivity index is 2.22. The van der Waals surface area contributed by atoms with Gasteiger partial charge in [-0.1, -0.05) is 33.6 Å². The van der Waals surface area contributed by atoms with E-state index in [4.69, 9.17) is 4.74 Å². The van der Waals surface area contributed by atoms with Crippen LogP contribution in [0.4, 0.5) is 0 Å². The van der Waals surface area contributed by atoms with Crippen molar-refractivity contribution >= 4 is 11.9 Å². The third kappa shape index (κ3) is 4.61. The molecule has 1 aromatic rings. The summed E-state index contributed by atoms with van der Waals surface area (Å²) in [6, 6.07) is 2.88. The lowest BCUT2D eigenvalue weighted by Crippen LogP contribution is -2.32. The molecule has 1 aromatic carbocycles. The third-order valence-corrected chi connectivity index (χ3v) is 5.81. The number of hydrogen-bond acceptors (Lipinski definition) is 5. The molecule has 27 heavy (non-hydrogen) atoms. The minimum absolute atomic E-state index is 0.0131. The van der Waals surface area contributed by atoms with E-state index >= 15 is 0 Å². The van der Waals surface area contributed by atoms with Gasteiger partial charge in [0.15, 0.2) is 0 Å². The number of phenols is 1. The molecule has 0 radical (unpaired) electrons. The van der Waals surface area contributed by atoms with Crippen molar-refractivity contribution in [3.8, 4) is 5.75 Å². The van der Waals surface area contributed by atoms with Crippen LogP contribution in [0.2, 0.25) is 0 Å². The van der Waals surface area contributed by atoms with Crippen molar-refractivity contribution in [2.45, 2.75) is 64.4 Å². The Morgan fingerprint density at radius 3 is 2.52 bits per heavy atom. The van der Waals surface area contributed by atoms with Crippen LogP contribution >= 0.6 is 0 Å². The number of esters is 1. The Morgan fingerprint density at radius 2 is 1.93 bits per heavy atom. The van der Waals surface area contributed by atoms with Gasteiger partial charge in [-0.05, 0) is 42.4 Å². The lowest BCUT2D eigenvalue weighted by Gasteiger charge is -2.38. The molecular weight excluding hydrogens is 348 g/mol. The average Bonchev–Trinajstić information content (AvgIpc) is 2.59. The van der Waals surface area contributed by atoms with Gasteiger partial charge in [0.2, 0.25) is 0 Å². The third-order valence-electron chi connectivity index (χ3n) is 5.81. The summed E-state index contributed by atoms with van der Waals surface area (Å²) in [6.45, 7) is 5.79. The quantitative estimate of drug-likeness (QED) is 0.626. The van der Waals surface area contributed by atoms with Gasteiger partial charge < -0.3 is 20.1 Å². The van der Waals surface area contributed by atoms with Crippen LogP contribution in [0, 0.1) is 11.8 Å². The molecule has 3 N–H and O–H groups in total. The molecule has 5 unspecified atom stereocenters. The fourth-order valence-corrected chi connectivity index (χ4v) is 4.36. The first-order valence-corrected chi connectivity index (χ1v) is 9.53. The molecule has 0 heterocycles. The maximum Gasteiger partial charge on any atom is 0.335 e. The molecule has 6 heteroatoms. The number of aliphatic hydroxyl groups excluding tert-OH is 1. The van der Waals surface area contributed by atoms with Gasteiger partial charge in [-0.3, -0.25) is 4.79 Å². The molecule has 0 spiro atoms. The minimum atomic E-state index is -1.10. The molecule has 1 aliphatic rings. The van der Waals surface area contributed by atoms with E-state index in [1.807, 2.05) is 20.8 Å². The normalized spacial score (nSPS) is 24.0. The van der Waals surface area contributed by atoms with Crippen LogP contribution in [0.1, 0.15) is 79.8 Å². The Labute approximate surface area is 160 Å². The summed E-state index contributed by atoms with van der Waals surface area (Å²) >= 11 is 0. The number of carboxylic acids is 1. The monoisotopic (exact) mass is 378 g/mol. The SMILES string of the molecule is COC(=O)C(C)CCCC(C)C1c2cc(C(=O)O)cc(O)c2C(C)CC1O. The lowest BCUT2D eigenvalue weighted by atomic mass is 9.69. The molecule has 2 rings (SSSR count). The molecular formula is C21H30O6. The Morgan fingerprint density at radius 1 is 1.26 bits per heavy atom. The van der Waals surface area contributed by atoms with Crippen molar-refractivity contribution in [1.29, 1.82) is 0 Å². The standard InChI is InChI=1S/C21H30O6/c1-11(6-5-7-12(2)21(26)27-4)18-15-9-14(20(24)25)10-17(23)19(15)13(3)8-16(18)22/h9-13,16,18,22-23H,5-8H2,1-4H3,(H,24,25). The first-order chi connectivity index (χ1) is 12.7. The number of fused-ring (bicyclic) bond motifs is 1. The van der Waals surface area contributed by atoms with Gasteiger partial charge in [0.1, 0.15) is 5.75 Å². The van der Waals surface area contributed by atoms with Gasteiger partial charge in [-0.2, -0.15) is 0 Å². The van der Waals surface area contributed by atoms with E-state index in [0.717, 1.165) is 24.0 Å². The van der Waals surface area contributed by atoms with E-state index in [1.54, 1.807) is 6.07 Å². The summed E-state index contributed by atoms with van der Waals surface area (Å²) in [7, 11) is 1.38. The summed E-state index contributed by atoms with van der Waals surface area (Å²) in [5, 5.41) is 30.4. The van der Waals surface area contributed by atoms with E-state index in [0.29, 0.717) is 12.8 Å². The van der Waals surface area contributed by atoms with Crippen molar-refractivity contribution in [3.63, 3.8) is 0 Å². The molecule has 1 aliphatic carbocycles. The van der Waals surface area contributed by atoms with Crippen LogP contribution in [0.25, 0.3) is 0 Å². The smallest absolute Gasteiger partial charge is 0.335 e. The number of carbonyl (C=O) groups excluding carboxylic acids is 1. The number of aliphatic hydroxyl groups is 1. The van der Waals surface area contributed by atoms with Crippen molar-refractivity contribution in [2.75, 3.05) is 7.11 Å². The number of carbonyl (C=O) groups is 2. The van der Waals surface area contributed by atoms with Crippen molar-refractivity contribution < 1.29 is 29.6 Å². The second-order valence-electron chi connectivity index (χ2n) is 7.87. The van der Waals surface area contributed by atoms with Crippen LogP contribution in [0.3, 0.4) is 0 Å². The first kappa shape index (κ1) is 21.2. The topological polar surface area (TPSA) is 104 Å². The number of aromatic hydroxyl groups is 1. The van der Waals surface area contributed by atoms with E-state index < -0.39 is 12.1 Å². The fraction of sp³-hybridized carbons (Fsp3) is 0.619. The largest absolute Gasteiger partial charge is 0.508 e. The van der Waals surface area contributed by atoms with Gasteiger partial charge in [0.25, 0.3) is 0 Å². The highest BCUT2D eigenvalue weighted by molar-refractivity contribution is 5.88. The Bertz CT molecular complexity index is 698. The lowest BCUT2D eigenvalue weighted by molar-refractivity contribution is -0.145. The van der Waals surface area contributed by atoms with E-state index in [1.165, 1.54) is 13.2 Å². The highest BCUT2D eigenvalue weighted by atomic mass is 16.5. The van der Waals surface area contributed by atoms with Crippen LogP contribution in [-0.4, -0.2) is 40.5 Å². The van der Waals surface area contributed by atoms with Crippen LogP contribution in [0.15, 0.2) is 12.1 Å². The Hall–Kier alpha value is -2.08. The van der Waals surface area contributed by atoms with Gasteiger partial charge in [0.05, 0.1) is 24.7 Å². The number of hydrogen-bond donors (Lipinski definition) is 3. The predicted octanol–water partition coefficient (Wildman–Crippen LogP) is 3.66. The molecule has 0 aromatic heterocycles. The maximum atomic E-state index is 11.5. The summed E-state index contributed by atoms with van der Waals surface area (Å²) in [4.78, 5) is 22.9. The zero-order chi connectivity index (χ0) is 20.3. The summed E-state index contributed by atoms with van der Waals surface area (Å²) in [5.41, 5.74) is 1.50. The zero-order valence-electron chi connectivity index (χ0n) is 16.4. The molecule has 150 valence electrons. The first-order valence-electron chi connectivity index (χ1n) is 9.53. The average molecular weight is 378 g/mol. The van der Waals surface area contributed by atoms with Crippen molar-refractivity contribution in [3.05, 3.63) is 28.8 Å². The highest BCUT2D eigenvalue weighted by Crippen LogP contribution is 2.47. The number of phenolic OH excluding ortho intramolecular Hbond substituents is 1. The van der Waals surface area contributed by atoms with Gasteiger partial charge in [-0.25, -0.2) is 4.79 Å². The van der Waals surface area contributed by atoms with E-state index in [9.17, 15) is 24.9 Å². The minimum Gasteiger partial charge on any atom is -0.508 e. The molecule has 0 bridgehead atoms.